The van der Waals surface area contributed by atoms with Crippen molar-refractivity contribution >= 4 is 40.4 Å². The Bertz CT molecular complexity index is 1290. The van der Waals surface area contributed by atoms with Gasteiger partial charge < -0.3 is 15.4 Å². The monoisotopic (exact) mass is 502 g/mol. The van der Waals surface area contributed by atoms with Crippen molar-refractivity contribution in [3.63, 3.8) is 0 Å². The lowest BCUT2D eigenvalue weighted by Crippen LogP contribution is -2.29. The molecule has 0 aliphatic carbocycles. The van der Waals surface area contributed by atoms with Gasteiger partial charge in [0.05, 0.1) is 21.8 Å². The van der Waals surface area contributed by atoms with Gasteiger partial charge in [0.2, 0.25) is 0 Å². The van der Waals surface area contributed by atoms with Gasteiger partial charge in [-0.25, -0.2) is 13.8 Å². The van der Waals surface area contributed by atoms with Crippen molar-refractivity contribution in [3.8, 4) is 11.8 Å². The van der Waals surface area contributed by atoms with Crippen molar-refractivity contribution in [1.82, 2.24) is 9.97 Å². The van der Waals surface area contributed by atoms with Gasteiger partial charge in [-0.15, -0.1) is 0 Å². The number of rotatable bonds is 6. The number of pyridine rings is 2. The molecule has 1 aliphatic rings. The summed E-state index contributed by atoms with van der Waals surface area (Å²) in [6, 6.07) is 5.13. The molecule has 0 radical (unpaired) electrons. The highest BCUT2D eigenvalue weighted by atomic mass is 35.5. The molecule has 0 amide bonds. The zero-order valence-electron chi connectivity index (χ0n) is 17.7. The Balaban J connectivity index is 1.60. The average Bonchev–Trinajstić information content (AvgIpc) is 3.28. The number of nitrogens with zero attached hydrogens (tertiary/aromatic N) is 4. The number of hydrogen-bond donors (Lipinski definition) is 2. The molecule has 11 heteroatoms. The van der Waals surface area contributed by atoms with E-state index in [1.54, 1.807) is 4.90 Å². The van der Waals surface area contributed by atoms with Crippen LogP contribution in [0.2, 0.25) is 10.0 Å². The summed E-state index contributed by atoms with van der Waals surface area (Å²) in [5.74, 6) is -1.53. The van der Waals surface area contributed by atoms with Gasteiger partial charge in [0.25, 0.3) is 0 Å². The summed E-state index contributed by atoms with van der Waals surface area (Å²) in [5.41, 5.74) is 6.44. The summed E-state index contributed by atoms with van der Waals surface area (Å²) in [7, 11) is 0. The minimum atomic E-state index is -0.744. The molecule has 1 aliphatic heterocycles. The summed E-state index contributed by atoms with van der Waals surface area (Å²) >= 11 is 12.2. The number of nitrogens with one attached hydrogen (secondary N) is 1. The van der Waals surface area contributed by atoms with E-state index >= 15 is 0 Å². The minimum Gasteiger partial charge on any atom is -0.486 e. The van der Waals surface area contributed by atoms with E-state index in [2.05, 4.69) is 16.0 Å². The second-order valence-corrected chi connectivity index (χ2v) is 8.44. The van der Waals surface area contributed by atoms with Crippen LogP contribution in [0.5, 0.6) is 5.75 Å². The Morgan fingerprint density at radius 1 is 1.21 bits per heavy atom. The number of ether oxygens (including phenoxy) is 1. The molecular formula is C23H18Cl2F2N6O. The standard InChI is InChI=1S/C23H18Cl2F2N6O/c24-16-9-31-10-17(25)15(16)11-34-21-5-14(20(29)6-18(21)26)22(30)12-4-19(27)23(32-8-12)33-3-1-2-13(33)7-28/h4-6,8-10,13,30H,1-3,11,29H2. The van der Waals surface area contributed by atoms with E-state index in [4.69, 9.17) is 39.1 Å². The zero-order valence-corrected chi connectivity index (χ0v) is 19.2. The zero-order chi connectivity index (χ0) is 24.4. The lowest BCUT2D eigenvalue weighted by atomic mass is 10.0. The number of benzene rings is 1. The fourth-order valence-corrected chi connectivity index (χ4v) is 4.18. The number of nitrogens with two attached hydrogens (primary N) is 1. The third-order valence-electron chi connectivity index (χ3n) is 5.48. The van der Waals surface area contributed by atoms with E-state index in [0.717, 1.165) is 18.6 Å². The molecule has 34 heavy (non-hydrogen) atoms. The Hall–Kier alpha value is -3.48. The van der Waals surface area contributed by atoms with E-state index in [9.17, 15) is 14.0 Å². The molecule has 4 rings (SSSR count). The van der Waals surface area contributed by atoms with Crippen LogP contribution in [0.25, 0.3) is 0 Å². The first-order chi connectivity index (χ1) is 16.3. The topological polar surface area (TPSA) is 112 Å². The molecule has 1 unspecified atom stereocenters. The van der Waals surface area contributed by atoms with E-state index in [-0.39, 0.29) is 50.7 Å². The molecule has 2 aromatic heterocycles. The van der Waals surface area contributed by atoms with Gasteiger partial charge in [0, 0.05) is 53.6 Å². The normalized spacial score (nSPS) is 15.3. The van der Waals surface area contributed by atoms with E-state index in [1.165, 1.54) is 24.7 Å². The third-order valence-corrected chi connectivity index (χ3v) is 6.13. The van der Waals surface area contributed by atoms with Crippen LogP contribution < -0.4 is 15.4 Å². The summed E-state index contributed by atoms with van der Waals surface area (Å²) in [5, 5.41) is 18.3. The lowest BCUT2D eigenvalue weighted by molar-refractivity contribution is 0.290. The van der Waals surface area contributed by atoms with Gasteiger partial charge in [-0.3, -0.25) is 10.4 Å². The van der Waals surface area contributed by atoms with Gasteiger partial charge in [-0.2, -0.15) is 5.26 Å². The molecule has 1 saturated heterocycles. The molecule has 1 fully saturated rings. The summed E-state index contributed by atoms with van der Waals surface area (Å²) in [6.45, 7) is 0.380. The molecule has 1 atom stereocenters. The SMILES string of the molecule is N#CC1CCCN1c1ncc(C(=N)c2cc(OCc3c(Cl)cncc3Cl)c(F)cc2N)cc1F. The molecular weight excluding hydrogens is 485 g/mol. The summed E-state index contributed by atoms with van der Waals surface area (Å²) in [4.78, 5) is 9.61. The lowest BCUT2D eigenvalue weighted by Gasteiger charge is -2.21. The maximum absolute atomic E-state index is 14.9. The van der Waals surface area contributed by atoms with Crippen LogP contribution in [0.1, 0.15) is 29.5 Å². The van der Waals surface area contributed by atoms with Crippen molar-refractivity contribution < 1.29 is 13.5 Å². The smallest absolute Gasteiger partial charge is 0.167 e. The highest BCUT2D eigenvalue weighted by Gasteiger charge is 2.28. The molecule has 0 saturated carbocycles. The minimum absolute atomic E-state index is 0.0246. The van der Waals surface area contributed by atoms with Gasteiger partial charge in [0.1, 0.15) is 12.6 Å². The Kier molecular flexibility index (Phi) is 6.82. The fourth-order valence-electron chi connectivity index (χ4n) is 3.71. The van der Waals surface area contributed by atoms with Crippen LogP contribution in [0.15, 0.2) is 36.8 Å². The highest BCUT2D eigenvalue weighted by molar-refractivity contribution is 6.35. The van der Waals surface area contributed by atoms with Crippen LogP contribution >= 0.6 is 23.2 Å². The number of nitrogen functional groups attached to an aromatic ring is 1. The second kappa shape index (κ2) is 9.79. The predicted molar refractivity (Wildman–Crippen MR) is 126 cm³/mol. The molecule has 0 bridgehead atoms. The molecule has 3 aromatic rings. The van der Waals surface area contributed by atoms with Crippen LogP contribution in [-0.4, -0.2) is 28.3 Å². The first kappa shape index (κ1) is 23.7. The first-order valence-corrected chi connectivity index (χ1v) is 11.0. The average molecular weight is 503 g/mol. The van der Waals surface area contributed by atoms with Crippen LogP contribution in [-0.2, 0) is 6.61 Å². The van der Waals surface area contributed by atoms with E-state index in [0.29, 0.717) is 18.5 Å². The van der Waals surface area contributed by atoms with Crippen LogP contribution in [0.4, 0.5) is 20.3 Å². The Morgan fingerprint density at radius 3 is 2.62 bits per heavy atom. The Morgan fingerprint density at radius 2 is 1.94 bits per heavy atom. The third kappa shape index (κ3) is 4.60. The summed E-state index contributed by atoms with van der Waals surface area (Å²) < 4.78 is 34.9. The van der Waals surface area contributed by atoms with Crippen molar-refractivity contribution in [2.75, 3.05) is 17.2 Å². The van der Waals surface area contributed by atoms with Gasteiger partial charge in [-0.05, 0) is 25.0 Å². The van der Waals surface area contributed by atoms with E-state index < -0.39 is 17.7 Å². The molecule has 3 heterocycles. The first-order valence-electron chi connectivity index (χ1n) is 10.2. The predicted octanol–water partition coefficient (Wildman–Crippen LogP) is 5.13. The highest BCUT2D eigenvalue weighted by Crippen LogP contribution is 2.31. The van der Waals surface area contributed by atoms with Gasteiger partial charge in [0.15, 0.2) is 23.2 Å². The quantitative estimate of drug-likeness (QED) is 0.356. The van der Waals surface area contributed by atoms with Crippen molar-refractivity contribution in [3.05, 3.63) is 75.2 Å². The fraction of sp³-hybridized carbons (Fsp3) is 0.217. The number of aromatic nitrogens is 2. The number of anilines is 2. The molecule has 3 N–H and O–H groups in total. The van der Waals surface area contributed by atoms with Crippen molar-refractivity contribution in [2.45, 2.75) is 25.5 Å². The van der Waals surface area contributed by atoms with Crippen molar-refractivity contribution in [2.24, 2.45) is 0 Å². The number of hydrogen-bond acceptors (Lipinski definition) is 7. The molecule has 174 valence electrons. The van der Waals surface area contributed by atoms with E-state index in [1.807, 2.05) is 0 Å². The number of nitriles is 1. The molecule has 7 nitrogen and oxygen atoms in total. The maximum Gasteiger partial charge on any atom is 0.167 e. The van der Waals surface area contributed by atoms with Gasteiger partial charge >= 0.3 is 0 Å². The largest absolute Gasteiger partial charge is 0.486 e. The van der Waals surface area contributed by atoms with Crippen LogP contribution in [0, 0.1) is 28.4 Å². The molecule has 0 spiro atoms. The van der Waals surface area contributed by atoms with Crippen LogP contribution in [0.3, 0.4) is 0 Å². The number of halogens is 4. The Labute approximate surface area is 204 Å². The summed E-state index contributed by atoms with van der Waals surface area (Å²) in [6.07, 6.45) is 5.51. The second-order valence-electron chi connectivity index (χ2n) is 7.63. The maximum atomic E-state index is 14.9. The molecule has 1 aromatic carbocycles. The van der Waals surface area contributed by atoms with Gasteiger partial charge in [-0.1, -0.05) is 23.2 Å². The van der Waals surface area contributed by atoms with Crippen molar-refractivity contribution in [1.29, 1.82) is 10.7 Å².